The zero-order chi connectivity index (χ0) is 19.6. The zero-order valence-electron chi connectivity index (χ0n) is 14.0. The number of carbonyl (C=O) groups is 1. The summed E-state index contributed by atoms with van der Waals surface area (Å²) in [7, 11) is 2.49. The van der Waals surface area contributed by atoms with Crippen molar-refractivity contribution in [2.45, 2.75) is 0 Å². The zero-order valence-corrected chi connectivity index (χ0v) is 14.8. The van der Waals surface area contributed by atoms with E-state index in [2.05, 4.69) is 25.6 Å². The minimum absolute atomic E-state index is 0.0518. The fourth-order valence-electron chi connectivity index (χ4n) is 2.36. The number of hydrogen-bond acceptors (Lipinski definition) is 6. The van der Waals surface area contributed by atoms with E-state index in [1.165, 1.54) is 30.3 Å². The van der Waals surface area contributed by atoms with Crippen LogP contribution in [-0.2, 0) is 0 Å². The van der Waals surface area contributed by atoms with E-state index in [9.17, 15) is 13.6 Å². The summed E-state index contributed by atoms with van der Waals surface area (Å²) in [5.74, 6) is -2.96. The first-order chi connectivity index (χ1) is 12.9. The highest BCUT2D eigenvalue weighted by atomic mass is 35.5. The van der Waals surface area contributed by atoms with Crippen LogP contribution in [0.15, 0.2) is 30.6 Å². The molecule has 140 valence electrons. The molecular weight excluding hydrogens is 384 g/mol. The van der Waals surface area contributed by atoms with E-state index in [0.29, 0.717) is 5.69 Å². The minimum atomic E-state index is -0.952. The number of nitrogens with one attached hydrogen (secondary N) is 1. The number of nitrogens with zero attached hydrogens (tertiary/aromatic N) is 4. The van der Waals surface area contributed by atoms with Crippen molar-refractivity contribution in [2.24, 2.45) is 0 Å². The second kappa shape index (κ2) is 7.54. The van der Waals surface area contributed by atoms with Crippen molar-refractivity contribution in [1.29, 1.82) is 0 Å². The third-order valence-corrected chi connectivity index (χ3v) is 3.87. The second-order valence-electron chi connectivity index (χ2n) is 5.19. The first kappa shape index (κ1) is 18.5. The van der Waals surface area contributed by atoms with Gasteiger partial charge in [-0.05, 0) is 16.5 Å². The van der Waals surface area contributed by atoms with Crippen LogP contribution in [0.2, 0.25) is 5.02 Å². The van der Waals surface area contributed by atoms with Gasteiger partial charge in [-0.25, -0.2) is 8.78 Å². The number of methoxy groups -OCH3 is 2. The molecule has 8 nitrogen and oxygen atoms in total. The highest BCUT2D eigenvalue weighted by Crippen LogP contribution is 2.31. The van der Waals surface area contributed by atoms with Gasteiger partial charge in [0.05, 0.1) is 30.5 Å². The van der Waals surface area contributed by atoms with Gasteiger partial charge in [0.1, 0.15) is 12.1 Å². The molecule has 0 aliphatic heterocycles. The number of hydrogen-bond donors (Lipinski definition) is 1. The van der Waals surface area contributed by atoms with E-state index in [-0.39, 0.29) is 22.0 Å². The van der Waals surface area contributed by atoms with E-state index >= 15 is 0 Å². The summed E-state index contributed by atoms with van der Waals surface area (Å²) in [6.07, 6.45) is 1.32. The molecule has 11 heteroatoms. The molecule has 1 aromatic heterocycles. The molecule has 0 saturated heterocycles. The normalized spacial score (nSPS) is 10.6. The predicted molar refractivity (Wildman–Crippen MR) is 91.6 cm³/mol. The number of benzene rings is 2. The first-order valence-corrected chi connectivity index (χ1v) is 7.77. The molecule has 1 amide bonds. The third kappa shape index (κ3) is 3.65. The Morgan fingerprint density at radius 3 is 2.41 bits per heavy atom. The van der Waals surface area contributed by atoms with Gasteiger partial charge in [0.2, 0.25) is 0 Å². The van der Waals surface area contributed by atoms with Gasteiger partial charge in [0.25, 0.3) is 5.91 Å². The van der Waals surface area contributed by atoms with E-state index in [4.69, 9.17) is 16.3 Å². The Hall–Kier alpha value is -3.27. The summed E-state index contributed by atoms with van der Waals surface area (Å²) in [5.41, 5.74) is 0.339. The van der Waals surface area contributed by atoms with Gasteiger partial charge in [-0.2, -0.15) is 4.68 Å². The van der Waals surface area contributed by atoms with Crippen LogP contribution in [0.25, 0.3) is 5.69 Å². The first-order valence-electron chi connectivity index (χ1n) is 7.40. The van der Waals surface area contributed by atoms with Crippen LogP contribution in [0.3, 0.4) is 0 Å². The van der Waals surface area contributed by atoms with Crippen molar-refractivity contribution in [3.05, 3.63) is 52.8 Å². The molecule has 0 fully saturated rings. The fraction of sp³-hybridized carbons (Fsp3) is 0.125. The topological polar surface area (TPSA) is 91.2 Å². The van der Waals surface area contributed by atoms with Crippen LogP contribution in [0.4, 0.5) is 14.5 Å². The number of tetrazole rings is 1. The molecular formula is C16H12ClF2N5O3. The van der Waals surface area contributed by atoms with Crippen molar-refractivity contribution in [1.82, 2.24) is 20.2 Å². The molecule has 1 N–H and O–H groups in total. The highest BCUT2D eigenvalue weighted by Gasteiger charge is 2.19. The van der Waals surface area contributed by atoms with E-state index < -0.39 is 23.3 Å². The fourth-order valence-corrected chi connectivity index (χ4v) is 2.61. The summed E-state index contributed by atoms with van der Waals surface area (Å²) in [4.78, 5) is 12.5. The molecule has 0 atom stereocenters. The van der Waals surface area contributed by atoms with E-state index in [1.54, 1.807) is 0 Å². The summed E-state index contributed by atoms with van der Waals surface area (Å²) in [6, 6.07) is 4.67. The number of amides is 1. The maximum absolute atomic E-state index is 13.8. The van der Waals surface area contributed by atoms with Crippen LogP contribution in [0, 0.1) is 11.6 Å². The number of carbonyl (C=O) groups excluding carboxylic acids is 1. The molecule has 1 heterocycles. The third-order valence-electron chi connectivity index (χ3n) is 3.57. The van der Waals surface area contributed by atoms with Gasteiger partial charge in [0.15, 0.2) is 17.4 Å². The van der Waals surface area contributed by atoms with Crippen molar-refractivity contribution in [3.8, 4) is 17.2 Å². The van der Waals surface area contributed by atoms with Gasteiger partial charge in [0, 0.05) is 23.9 Å². The van der Waals surface area contributed by atoms with Crippen LogP contribution in [0.1, 0.15) is 10.4 Å². The van der Waals surface area contributed by atoms with Crippen molar-refractivity contribution >= 4 is 23.2 Å². The molecule has 0 unspecified atom stereocenters. The molecule has 27 heavy (non-hydrogen) atoms. The Labute approximate surface area is 156 Å². The molecule has 0 saturated carbocycles. The minimum Gasteiger partial charge on any atom is -0.496 e. The smallest absolute Gasteiger partial charge is 0.259 e. The highest BCUT2D eigenvalue weighted by molar-refractivity contribution is 6.33. The van der Waals surface area contributed by atoms with E-state index in [0.717, 1.165) is 19.2 Å². The SMILES string of the molecule is COc1cc(-n2cnnn2)c(Cl)cc1C(=O)Nc1cc(F)c(OC)c(F)c1. The summed E-state index contributed by atoms with van der Waals surface area (Å²) >= 11 is 6.20. The molecule has 0 radical (unpaired) electrons. The van der Waals surface area contributed by atoms with Crippen molar-refractivity contribution < 1.29 is 23.0 Å². The Balaban J connectivity index is 1.94. The summed E-state index contributed by atoms with van der Waals surface area (Å²) in [6.45, 7) is 0. The molecule has 0 spiro atoms. The lowest BCUT2D eigenvalue weighted by atomic mass is 10.1. The Morgan fingerprint density at radius 1 is 1.15 bits per heavy atom. The van der Waals surface area contributed by atoms with Crippen LogP contribution >= 0.6 is 11.6 Å². The van der Waals surface area contributed by atoms with Crippen molar-refractivity contribution in [2.75, 3.05) is 19.5 Å². The largest absolute Gasteiger partial charge is 0.496 e. The maximum atomic E-state index is 13.8. The maximum Gasteiger partial charge on any atom is 0.259 e. The number of ether oxygens (including phenoxy) is 2. The number of rotatable bonds is 5. The Morgan fingerprint density at radius 2 is 1.85 bits per heavy atom. The molecule has 3 aromatic rings. The lowest BCUT2D eigenvalue weighted by molar-refractivity contribution is 0.102. The quantitative estimate of drug-likeness (QED) is 0.714. The summed E-state index contributed by atoms with van der Waals surface area (Å²) < 4.78 is 38.7. The van der Waals surface area contributed by atoms with Gasteiger partial charge in [-0.1, -0.05) is 11.6 Å². The number of anilines is 1. The van der Waals surface area contributed by atoms with Crippen LogP contribution < -0.4 is 14.8 Å². The summed E-state index contributed by atoms with van der Waals surface area (Å²) in [5, 5.41) is 13.3. The average Bonchev–Trinajstić information content (AvgIpc) is 3.15. The van der Waals surface area contributed by atoms with E-state index in [1.807, 2.05) is 0 Å². The molecule has 0 aliphatic rings. The Bertz CT molecular complexity index is 975. The number of aromatic nitrogens is 4. The van der Waals surface area contributed by atoms with Crippen LogP contribution in [-0.4, -0.2) is 40.3 Å². The van der Waals surface area contributed by atoms with Crippen LogP contribution in [0.5, 0.6) is 11.5 Å². The standard InChI is InChI=1S/C16H12ClF2N5O3/c1-26-14-6-13(24-7-20-22-23-24)10(17)5-9(14)16(25)21-8-3-11(18)15(27-2)12(19)4-8/h3-7H,1-2H3,(H,21,25). The van der Waals surface area contributed by atoms with Gasteiger partial charge < -0.3 is 14.8 Å². The molecule has 2 aromatic carbocycles. The van der Waals surface area contributed by atoms with Crippen molar-refractivity contribution in [3.63, 3.8) is 0 Å². The molecule has 0 bridgehead atoms. The lowest BCUT2D eigenvalue weighted by Crippen LogP contribution is -2.14. The second-order valence-corrected chi connectivity index (χ2v) is 5.59. The van der Waals surface area contributed by atoms with Gasteiger partial charge >= 0.3 is 0 Å². The molecule has 0 aliphatic carbocycles. The average molecular weight is 396 g/mol. The van der Waals surface area contributed by atoms with Gasteiger partial charge in [-0.15, -0.1) is 5.10 Å². The van der Waals surface area contributed by atoms with Gasteiger partial charge in [-0.3, -0.25) is 4.79 Å². The molecule has 3 rings (SSSR count). The number of halogens is 3. The monoisotopic (exact) mass is 395 g/mol. The predicted octanol–water partition coefficient (Wildman–Crippen LogP) is 2.86. The lowest BCUT2D eigenvalue weighted by Gasteiger charge is -2.13. The Kier molecular flexibility index (Phi) is 5.17.